The first-order valence-electron chi connectivity index (χ1n) is 21.6. The van der Waals surface area contributed by atoms with E-state index in [-0.39, 0.29) is 35.1 Å². The fourth-order valence-corrected chi connectivity index (χ4v) is 12.8. The molecule has 58 heavy (non-hydrogen) atoms. The van der Waals surface area contributed by atoms with E-state index in [9.17, 15) is 15.3 Å². The maximum atomic E-state index is 15.2. The molecule has 4 aromatic rings. The van der Waals surface area contributed by atoms with Gasteiger partial charge in [-0.1, -0.05) is 147 Å². The highest BCUT2D eigenvalue weighted by molar-refractivity contribution is 6.10. The van der Waals surface area contributed by atoms with Crippen molar-refractivity contribution in [2.24, 2.45) is 33.5 Å². The lowest BCUT2D eigenvalue weighted by atomic mass is 9.32. The lowest BCUT2D eigenvalue weighted by Gasteiger charge is -2.71. The van der Waals surface area contributed by atoms with Gasteiger partial charge in [0.15, 0.2) is 5.78 Å². The predicted molar refractivity (Wildman–Crippen MR) is 229 cm³/mol. The summed E-state index contributed by atoms with van der Waals surface area (Å²) in [6.07, 6.45) is 11.4. The van der Waals surface area contributed by atoms with Crippen LogP contribution in [0.5, 0.6) is 0 Å². The van der Waals surface area contributed by atoms with Gasteiger partial charge in [0.05, 0.1) is 31.0 Å². The Bertz CT molecular complexity index is 2150. The van der Waals surface area contributed by atoms with Gasteiger partial charge in [-0.25, -0.2) is 0 Å². The van der Waals surface area contributed by atoms with Crippen LogP contribution in [-0.2, 0) is 17.9 Å². The number of ketones is 1. The summed E-state index contributed by atoms with van der Waals surface area (Å²) in [4.78, 5) is 17.4. The number of fused-ring (bicyclic) bond motifs is 1. The van der Waals surface area contributed by atoms with Crippen LogP contribution >= 0.6 is 0 Å². The minimum absolute atomic E-state index is 0.0403. The van der Waals surface area contributed by atoms with E-state index in [4.69, 9.17) is 4.74 Å². The zero-order valence-electron chi connectivity index (χ0n) is 34.1. The molecule has 0 aliphatic heterocycles. The van der Waals surface area contributed by atoms with Crippen LogP contribution in [0, 0.1) is 33.5 Å². The number of aliphatic hydroxyl groups excluding tert-OH is 2. The van der Waals surface area contributed by atoms with E-state index in [1.165, 1.54) is 0 Å². The number of hydrogen-bond donors (Lipinski definition) is 3. The Kier molecular flexibility index (Phi) is 10.3. The van der Waals surface area contributed by atoms with Crippen molar-refractivity contribution in [2.75, 3.05) is 19.7 Å². The number of nitrogens with zero attached hydrogens (tertiary/aromatic N) is 1. The van der Waals surface area contributed by atoms with Crippen LogP contribution in [0.3, 0.4) is 0 Å². The number of benzene rings is 4. The molecule has 0 aromatic heterocycles. The molecule has 9 atom stereocenters. The number of aliphatic hydroxyl groups is 3. The maximum absolute atomic E-state index is 15.2. The lowest BCUT2D eigenvalue weighted by Crippen LogP contribution is -2.67. The summed E-state index contributed by atoms with van der Waals surface area (Å²) in [7, 11) is 0. The second kappa shape index (κ2) is 15.1. The van der Waals surface area contributed by atoms with Gasteiger partial charge < -0.3 is 20.1 Å². The molecule has 0 saturated heterocycles. The average Bonchev–Trinajstić information content (AvgIpc) is 3.51. The predicted octanol–water partition coefficient (Wildman–Crippen LogP) is 9.21. The van der Waals surface area contributed by atoms with Crippen LogP contribution < -0.4 is 0 Å². The highest BCUT2D eigenvalue weighted by Crippen LogP contribution is 2.78. The first-order valence-corrected chi connectivity index (χ1v) is 21.6. The van der Waals surface area contributed by atoms with E-state index in [2.05, 4.69) is 73.4 Å². The number of Topliss-reactive ketones (excluding diaryl/α,β-unsaturated/α-hetero) is 1. The smallest absolute Gasteiger partial charge is 0.189 e. The van der Waals surface area contributed by atoms with Crippen LogP contribution in [0.25, 0.3) is 11.1 Å². The van der Waals surface area contributed by atoms with Crippen molar-refractivity contribution in [3.8, 4) is 11.1 Å². The van der Waals surface area contributed by atoms with E-state index >= 15 is 4.79 Å². The third-order valence-corrected chi connectivity index (χ3v) is 15.8. The minimum Gasteiger partial charge on any atom is -0.393 e. The molecule has 3 fully saturated rings. The number of hydrogen-bond acceptors (Lipinski definition) is 6. The topological polar surface area (TPSA) is 90.2 Å². The molecule has 9 unspecified atom stereocenters. The molecule has 4 aromatic carbocycles. The molecule has 302 valence electrons. The molecule has 2 bridgehead atoms. The van der Waals surface area contributed by atoms with Gasteiger partial charge in [0.25, 0.3) is 0 Å². The number of allylic oxidation sites excluding steroid dienone is 4. The van der Waals surface area contributed by atoms with Gasteiger partial charge in [-0.3, -0.25) is 9.69 Å². The molecule has 0 heterocycles. The van der Waals surface area contributed by atoms with Gasteiger partial charge >= 0.3 is 0 Å². The van der Waals surface area contributed by atoms with Gasteiger partial charge in [-0.2, -0.15) is 0 Å². The zero-order chi connectivity index (χ0) is 40.2. The Balaban J connectivity index is 1.04. The molecule has 6 aliphatic carbocycles. The van der Waals surface area contributed by atoms with Crippen LogP contribution in [0.4, 0.5) is 0 Å². The highest BCUT2D eigenvalue weighted by Gasteiger charge is 2.74. The summed E-state index contributed by atoms with van der Waals surface area (Å²) < 4.78 is 5.98. The standard InChI is InChI=1S/C52H59NO5/c1-48-25-22-42(54)30-50(48)28-29-52(44(31-50)47(56)41-20-18-40(19-21-41)39-16-10-5-11-17-39)45(48)23-26-49(2)46(52)24-27-51(49,57)36-53(32-37-12-6-3-7-13-37)33-43(55)35-58-34-38-14-8-4-9-15-38/h3-21,28-29,31,42-43,45-46,54-55,57H,22-27,30,32-36H2,1-2H3. The largest absolute Gasteiger partial charge is 0.393 e. The molecule has 6 nitrogen and oxygen atoms in total. The van der Waals surface area contributed by atoms with Crippen LogP contribution in [0.15, 0.2) is 139 Å². The Labute approximate surface area is 344 Å². The summed E-state index contributed by atoms with van der Waals surface area (Å²) in [5, 5.41) is 35.8. The van der Waals surface area contributed by atoms with E-state index in [0.717, 1.165) is 59.9 Å². The van der Waals surface area contributed by atoms with E-state index < -0.39 is 28.6 Å². The molecule has 6 heteroatoms. The highest BCUT2D eigenvalue weighted by atomic mass is 16.5. The summed E-state index contributed by atoms with van der Waals surface area (Å²) in [6.45, 7) is 6.74. The Hall–Kier alpha value is -4.17. The molecule has 2 spiro atoms. The zero-order valence-corrected chi connectivity index (χ0v) is 34.1. The van der Waals surface area contributed by atoms with Gasteiger partial charge in [0.1, 0.15) is 0 Å². The second-order valence-corrected chi connectivity index (χ2v) is 18.9. The van der Waals surface area contributed by atoms with Crippen molar-refractivity contribution in [1.82, 2.24) is 4.90 Å². The normalized spacial score (nSPS) is 33.9. The molecule has 0 radical (unpaired) electrons. The van der Waals surface area contributed by atoms with E-state index in [0.29, 0.717) is 44.6 Å². The van der Waals surface area contributed by atoms with Gasteiger partial charge in [0.2, 0.25) is 0 Å². The Morgan fingerprint density at radius 1 is 0.759 bits per heavy atom. The van der Waals surface area contributed by atoms with E-state index in [1.807, 2.05) is 78.9 Å². The number of rotatable bonds is 13. The molecule has 3 saturated carbocycles. The van der Waals surface area contributed by atoms with Crippen molar-refractivity contribution >= 4 is 5.78 Å². The maximum Gasteiger partial charge on any atom is 0.189 e. The van der Waals surface area contributed by atoms with Crippen molar-refractivity contribution < 1.29 is 24.9 Å². The fourth-order valence-electron chi connectivity index (χ4n) is 12.8. The monoisotopic (exact) mass is 777 g/mol. The van der Waals surface area contributed by atoms with Crippen molar-refractivity contribution in [2.45, 2.75) is 89.8 Å². The fraction of sp³-hybridized carbons (Fsp3) is 0.442. The average molecular weight is 778 g/mol. The van der Waals surface area contributed by atoms with Crippen molar-refractivity contribution in [1.29, 1.82) is 0 Å². The van der Waals surface area contributed by atoms with E-state index in [1.54, 1.807) is 0 Å². The summed E-state index contributed by atoms with van der Waals surface area (Å²) in [5.74, 6) is 0.326. The van der Waals surface area contributed by atoms with Gasteiger partial charge in [-0.05, 0) is 84.5 Å². The molecule has 6 aliphatic rings. The number of ether oxygens (including phenoxy) is 1. The van der Waals surface area contributed by atoms with Crippen LogP contribution in [0.1, 0.15) is 80.3 Å². The lowest BCUT2D eigenvalue weighted by molar-refractivity contribution is -0.177. The molecular weight excluding hydrogens is 719 g/mol. The minimum atomic E-state index is -1.05. The van der Waals surface area contributed by atoms with Crippen molar-refractivity contribution in [3.63, 3.8) is 0 Å². The number of carbonyl (C=O) groups excluding carboxylic acids is 1. The van der Waals surface area contributed by atoms with Crippen LogP contribution in [0.2, 0.25) is 0 Å². The first kappa shape index (κ1) is 39.3. The third kappa shape index (κ3) is 6.47. The molecule has 0 amide bonds. The number of carbonyl (C=O) groups is 1. The Morgan fingerprint density at radius 3 is 2.07 bits per heavy atom. The Morgan fingerprint density at radius 2 is 1.36 bits per heavy atom. The molecule has 10 rings (SSSR count). The summed E-state index contributed by atoms with van der Waals surface area (Å²) >= 11 is 0. The SMILES string of the molecule is CC12CCC(O)CC13C=CC1(C(C(=O)c4ccc(-c5ccccc5)cc4)=C3)C2CCC2(C)C1CCC2(O)CN(Cc1ccccc1)CC(O)COCc1ccccc1. The van der Waals surface area contributed by atoms with Crippen molar-refractivity contribution in [3.05, 3.63) is 156 Å². The molecular formula is C52H59NO5. The summed E-state index contributed by atoms with van der Waals surface area (Å²) in [6, 6.07) is 38.7. The second-order valence-electron chi connectivity index (χ2n) is 18.9. The third-order valence-electron chi connectivity index (χ3n) is 15.8. The van der Waals surface area contributed by atoms with Crippen LogP contribution in [-0.4, -0.2) is 63.5 Å². The summed E-state index contributed by atoms with van der Waals surface area (Å²) in [5.41, 5.74) is 3.37. The quantitative estimate of drug-likeness (QED) is 0.0927. The molecule has 3 N–H and O–H groups in total. The van der Waals surface area contributed by atoms with Gasteiger partial charge in [-0.15, -0.1) is 0 Å². The first-order chi connectivity index (χ1) is 28.0. The van der Waals surface area contributed by atoms with Gasteiger partial charge in [0, 0.05) is 47.0 Å².